The molecule has 1 heterocycles. The van der Waals surface area contributed by atoms with Crippen molar-refractivity contribution in [2.75, 3.05) is 13.1 Å². The van der Waals surface area contributed by atoms with E-state index in [4.69, 9.17) is 0 Å². The van der Waals surface area contributed by atoms with Gasteiger partial charge in [0.15, 0.2) is 0 Å². The van der Waals surface area contributed by atoms with Crippen LogP contribution < -0.4 is 0 Å². The Bertz CT molecular complexity index is 217. The Morgan fingerprint density at radius 2 is 2.17 bits per heavy atom. The molecule has 1 saturated heterocycles. The Morgan fingerprint density at radius 1 is 1.58 bits per heavy atom. The fourth-order valence-corrected chi connectivity index (χ4v) is 1.49. The zero-order chi connectivity index (χ0) is 8.97. The number of nitrogens with zero attached hydrogens (tertiary/aromatic N) is 2. The number of amides is 1. The normalized spacial score (nSPS) is 18.6. The highest BCUT2D eigenvalue weighted by Gasteiger charge is 2.22. The van der Waals surface area contributed by atoms with Gasteiger partial charge < -0.3 is 4.90 Å². The molecule has 0 aromatic carbocycles. The third-order valence-corrected chi connectivity index (χ3v) is 2.13. The third-order valence-electron chi connectivity index (χ3n) is 2.02. The van der Waals surface area contributed by atoms with Gasteiger partial charge in [-0.15, -0.1) is 0 Å². The van der Waals surface area contributed by atoms with Gasteiger partial charge in [-0.05, 0) is 32.0 Å². The molecule has 1 rings (SSSR count). The Balaban J connectivity index is 2.50. The lowest BCUT2D eigenvalue weighted by Crippen LogP contribution is -2.34. The van der Waals surface area contributed by atoms with E-state index >= 15 is 0 Å². The summed E-state index contributed by atoms with van der Waals surface area (Å²) in [7, 11) is 0. The monoisotopic (exact) mass is 184 g/mol. The number of likely N-dealkylation sites (tertiary alicyclic amines) is 1. The van der Waals surface area contributed by atoms with E-state index in [1.54, 1.807) is 6.92 Å². The standard InChI is InChI=1S/C8H12N2OS/c1-7(9-6-12)8(11)10-4-2-3-5-10/h7H,2-5H2,1H3. The van der Waals surface area contributed by atoms with Crippen LogP contribution in [0, 0.1) is 0 Å². The van der Waals surface area contributed by atoms with Crippen LogP contribution in [0.15, 0.2) is 4.99 Å². The number of hydrogen-bond acceptors (Lipinski definition) is 3. The molecule has 66 valence electrons. The van der Waals surface area contributed by atoms with Gasteiger partial charge in [0.1, 0.15) is 6.04 Å². The Kier molecular flexibility index (Phi) is 3.38. The molecule has 0 saturated carbocycles. The van der Waals surface area contributed by atoms with Gasteiger partial charge in [0, 0.05) is 13.1 Å². The van der Waals surface area contributed by atoms with Gasteiger partial charge in [0.25, 0.3) is 0 Å². The molecule has 0 radical (unpaired) electrons. The molecule has 1 aliphatic rings. The van der Waals surface area contributed by atoms with Crippen molar-refractivity contribution in [1.29, 1.82) is 0 Å². The van der Waals surface area contributed by atoms with Crippen molar-refractivity contribution in [3.05, 3.63) is 0 Å². The van der Waals surface area contributed by atoms with Gasteiger partial charge in [0.05, 0.1) is 5.16 Å². The third kappa shape index (κ3) is 2.13. The molecule has 0 aromatic heterocycles. The summed E-state index contributed by atoms with van der Waals surface area (Å²) in [6, 6.07) is -0.347. The Hall–Kier alpha value is -0.730. The van der Waals surface area contributed by atoms with Crippen molar-refractivity contribution in [3.8, 4) is 0 Å². The molecule has 0 spiro atoms. The highest BCUT2D eigenvalue weighted by molar-refractivity contribution is 7.78. The van der Waals surface area contributed by atoms with Crippen LogP contribution in [0.25, 0.3) is 0 Å². The van der Waals surface area contributed by atoms with Crippen LogP contribution >= 0.6 is 12.2 Å². The fourth-order valence-electron chi connectivity index (χ4n) is 1.34. The van der Waals surface area contributed by atoms with E-state index in [0.29, 0.717) is 0 Å². The quantitative estimate of drug-likeness (QED) is 0.475. The number of rotatable bonds is 2. The SMILES string of the molecule is CC(N=C=S)C(=O)N1CCCC1. The number of thiocarbonyl (C=S) groups is 1. The zero-order valence-corrected chi connectivity index (χ0v) is 7.93. The molecule has 1 atom stereocenters. The predicted octanol–water partition coefficient (Wildman–Crippen LogP) is 1.10. The lowest BCUT2D eigenvalue weighted by atomic mass is 10.3. The highest BCUT2D eigenvalue weighted by Crippen LogP contribution is 2.09. The highest BCUT2D eigenvalue weighted by atomic mass is 32.1. The summed E-state index contributed by atoms with van der Waals surface area (Å²) in [6.45, 7) is 3.49. The number of carbonyl (C=O) groups is 1. The number of aliphatic imine (C=N–C) groups is 1. The summed E-state index contributed by atoms with van der Waals surface area (Å²) in [6.07, 6.45) is 2.22. The summed E-state index contributed by atoms with van der Waals surface area (Å²) < 4.78 is 0. The van der Waals surface area contributed by atoms with Gasteiger partial charge in [-0.25, -0.2) is 4.99 Å². The molecule has 0 N–H and O–H groups in total. The molecular weight excluding hydrogens is 172 g/mol. The smallest absolute Gasteiger partial charge is 0.247 e. The van der Waals surface area contributed by atoms with Crippen LogP contribution in [-0.4, -0.2) is 35.1 Å². The average Bonchev–Trinajstić information content (AvgIpc) is 2.55. The minimum atomic E-state index is -0.347. The molecule has 1 amide bonds. The second-order valence-electron chi connectivity index (χ2n) is 2.93. The van der Waals surface area contributed by atoms with Gasteiger partial charge >= 0.3 is 0 Å². The summed E-state index contributed by atoms with van der Waals surface area (Å²) in [5, 5.41) is 2.23. The Labute approximate surface area is 77.5 Å². The van der Waals surface area contributed by atoms with E-state index in [0.717, 1.165) is 25.9 Å². The summed E-state index contributed by atoms with van der Waals surface area (Å²) in [5.41, 5.74) is 0. The molecule has 0 bridgehead atoms. The molecule has 4 heteroatoms. The molecule has 1 unspecified atom stereocenters. The van der Waals surface area contributed by atoms with Crippen molar-refractivity contribution in [2.45, 2.75) is 25.8 Å². The second-order valence-corrected chi connectivity index (χ2v) is 3.11. The zero-order valence-electron chi connectivity index (χ0n) is 7.12. The fraction of sp³-hybridized carbons (Fsp3) is 0.750. The molecule has 0 aliphatic carbocycles. The molecule has 12 heavy (non-hydrogen) atoms. The van der Waals surface area contributed by atoms with E-state index in [9.17, 15) is 4.79 Å². The van der Waals surface area contributed by atoms with E-state index in [1.807, 2.05) is 4.90 Å². The maximum absolute atomic E-state index is 11.5. The van der Waals surface area contributed by atoms with E-state index in [1.165, 1.54) is 0 Å². The lowest BCUT2D eigenvalue weighted by Gasteiger charge is -2.16. The van der Waals surface area contributed by atoms with Gasteiger partial charge in [-0.2, -0.15) is 0 Å². The van der Waals surface area contributed by atoms with Crippen LogP contribution in [0.4, 0.5) is 0 Å². The van der Waals surface area contributed by atoms with Gasteiger partial charge in [-0.3, -0.25) is 4.79 Å². The van der Waals surface area contributed by atoms with Crippen LogP contribution in [0.5, 0.6) is 0 Å². The lowest BCUT2D eigenvalue weighted by molar-refractivity contribution is -0.130. The first-order chi connectivity index (χ1) is 5.75. The molecule has 3 nitrogen and oxygen atoms in total. The van der Waals surface area contributed by atoms with Crippen LogP contribution in [0.1, 0.15) is 19.8 Å². The van der Waals surface area contributed by atoms with Crippen LogP contribution in [0.3, 0.4) is 0 Å². The van der Waals surface area contributed by atoms with Crippen molar-refractivity contribution < 1.29 is 4.79 Å². The summed E-state index contributed by atoms with van der Waals surface area (Å²) in [4.78, 5) is 17.1. The second kappa shape index (κ2) is 4.33. The molecule has 1 fully saturated rings. The molecular formula is C8H12N2OS. The number of carbonyl (C=O) groups excluding carboxylic acids is 1. The topological polar surface area (TPSA) is 32.7 Å². The first kappa shape index (κ1) is 9.36. The average molecular weight is 184 g/mol. The minimum Gasteiger partial charge on any atom is -0.341 e. The molecule has 0 aromatic rings. The minimum absolute atomic E-state index is 0.0739. The van der Waals surface area contributed by atoms with Crippen molar-refractivity contribution in [3.63, 3.8) is 0 Å². The Morgan fingerprint density at radius 3 is 2.67 bits per heavy atom. The number of isothiocyanates is 1. The van der Waals surface area contributed by atoms with Crippen molar-refractivity contribution in [2.24, 2.45) is 4.99 Å². The summed E-state index contributed by atoms with van der Waals surface area (Å²) in [5.74, 6) is 0.0739. The first-order valence-electron chi connectivity index (χ1n) is 4.11. The van der Waals surface area contributed by atoms with Gasteiger partial charge in [0.2, 0.25) is 5.91 Å². The van der Waals surface area contributed by atoms with Crippen LogP contribution in [-0.2, 0) is 4.79 Å². The van der Waals surface area contributed by atoms with Crippen molar-refractivity contribution in [1.82, 2.24) is 4.90 Å². The van der Waals surface area contributed by atoms with E-state index in [2.05, 4.69) is 22.4 Å². The summed E-state index contributed by atoms with van der Waals surface area (Å²) >= 11 is 4.43. The maximum Gasteiger partial charge on any atom is 0.247 e. The van der Waals surface area contributed by atoms with E-state index in [-0.39, 0.29) is 11.9 Å². The van der Waals surface area contributed by atoms with Gasteiger partial charge in [-0.1, -0.05) is 0 Å². The predicted molar refractivity (Wildman–Crippen MR) is 50.3 cm³/mol. The maximum atomic E-state index is 11.5. The largest absolute Gasteiger partial charge is 0.341 e. The van der Waals surface area contributed by atoms with Crippen molar-refractivity contribution >= 4 is 23.3 Å². The van der Waals surface area contributed by atoms with Crippen LogP contribution in [0.2, 0.25) is 0 Å². The number of hydrogen-bond donors (Lipinski definition) is 0. The van der Waals surface area contributed by atoms with E-state index < -0.39 is 0 Å². The first-order valence-corrected chi connectivity index (χ1v) is 4.52. The molecule has 1 aliphatic heterocycles.